The van der Waals surface area contributed by atoms with Crippen LogP contribution in [0.3, 0.4) is 0 Å². The maximum atomic E-state index is 12.4. The molecule has 5 heteroatoms. The van der Waals surface area contributed by atoms with Crippen LogP contribution in [0.4, 0.5) is 0 Å². The molecule has 1 N–H and O–H groups in total. The SMILES string of the molecule is Cc1ccccc1C(NS(=O)(=O)C1COC1)C(C)(C)C. The molecule has 1 saturated heterocycles. The molecule has 112 valence electrons. The highest BCUT2D eigenvalue weighted by Gasteiger charge is 2.38. The Morgan fingerprint density at radius 1 is 1.25 bits per heavy atom. The van der Waals surface area contributed by atoms with Gasteiger partial charge in [-0.2, -0.15) is 0 Å². The molecule has 2 rings (SSSR count). The summed E-state index contributed by atoms with van der Waals surface area (Å²) >= 11 is 0. The monoisotopic (exact) mass is 297 g/mol. The number of sulfonamides is 1. The fraction of sp³-hybridized carbons (Fsp3) is 0.600. The Bertz CT molecular complexity index is 571. The second-order valence-corrected chi connectivity index (χ2v) is 8.47. The first-order chi connectivity index (χ1) is 9.22. The van der Waals surface area contributed by atoms with E-state index >= 15 is 0 Å². The lowest BCUT2D eigenvalue weighted by Crippen LogP contribution is -2.49. The standard InChI is InChI=1S/C15H23NO3S/c1-11-7-5-6-8-13(11)14(15(2,3)4)16-20(17,18)12-9-19-10-12/h5-8,12,14,16H,9-10H2,1-4H3. The smallest absolute Gasteiger partial charge is 0.219 e. The van der Waals surface area contributed by atoms with Crippen molar-refractivity contribution in [1.82, 2.24) is 4.72 Å². The van der Waals surface area contributed by atoms with Crippen LogP contribution in [0.15, 0.2) is 24.3 Å². The lowest BCUT2D eigenvalue weighted by Gasteiger charge is -2.35. The third-order valence-corrected chi connectivity index (χ3v) is 5.41. The molecular formula is C15H23NO3S. The number of aryl methyl sites for hydroxylation is 1. The van der Waals surface area contributed by atoms with Gasteiger partial charge in [-0.25, -0.2) is 13.1 Å². The van der Waals surface area contributed by atoms with Crippen molar-refractivity contribution in [2.75, 3.05) is 13.2 Å². The van der Waals surface area contributed by atoms with Crippen LogP contribution in [0.2, 0.25) is 0 Å². The quantitative estimate of drug-likeness (QED) is 0.928. The van der Waals surface area contributed by atoms with E-state index in [0.717, 1.165) is 11.1 Å². The molecule has 1 aliphatic rings. The number of hydrogen-bond acceptors (Lipinski definition) is 3. The van der Waals surface area contributed by atoms with Crippen molar-refractivity contribution in [1.29, 1.82) is 0 Å². The summed E-state index contributed by atoms with van der Waals surface area (Å²) in [4.78, 5) is 0. The van der Waals surface area contributed by atoms with Gasteiger partial charge in [0.05, 0.1) is 19.3 Å². The zero-order valence-electron chi connectivity index (χ0n) is 12.5. The van der Waals surface area contributed by atoms with E-state index < -0.39 is 15.3 Å². The van der Waals surface area contributed by atoms with E-state index in [1.165, 1.54) is 0 Å². The first kappa shape index (κ1) is 15.5. The average molecular weight is 297 g/mol. The number of ether oxygens (including phenoxy) is 1. The second-order valence-electron chi connectivity index (χ2n) is 6.48. The van der Waals surface area contributed by atoms with Crippen molar-refractivity contribution < 1.29 is 13.2 Å². The summed E-state index contributed by atoms with van der Waals surface area (Å²) in [6, 6.07) is 7.67. The molecule has 0 saturated carbocycles. The van der Waals surface area contributed by atoms with Gasteiger partial charge in [0.25, 0.3) is 0 Å². The molecule has 1 aromatic carbocycles. The molecule has 0 aliphatic carbocycles. The molecule has 20 heavy (non-hydrogen) atoms. The summed E-state index contributed by atoms with van der Waals surface area (Å²) in [6.45, 7) is 8.73. The molecule has 0 bridgehead atoms. The predicted molar refractivity (Wildman–Crippen MR) is 80.0 cm³/mol. The molecule has 0 spiro atoms. The number of nitrogens with one attached hydrogen (secondary N) is 1. The third-order valence-electron chi connectivity index (χ3n) is 3.69. The number of benzene rings is 1. The molecule has 1 heterocycles. The van der Waals surface area contributed by atoms with Gasteiger partial charge in [-0.3, -0.25) is 0 Å². The third kappa shape index (κ3) is 3.22. The van der Waals surface area contributed by atoms with Gasteiger partial charge in [0.1, 0.15) is 5.25 Å². The molecule has 0 amide bonds. The van der Waals surface area contributed by atoms with E-state index in [4.69, 9.17) is 4.74 Å². The average Bonchev–Trinajstić information content (AvgIpc) is 2.22. The van der Waals surface area contributed by atoms with Gasteiger partial charge < -0.3 is 4.74 Å². The molecule has 1 aromatic rings. The van der Waals surface area contributed by atoms with Gasteiger partial charge in [0, 0.05) is 0 Å². The van der Waals surface area contributed by atoms with Gasteiger partial charge in [-0.1, -0.05) is 45.0 Å². The first-order valence-corrected chi connectivity index (χ1v) is 8.41. The Kier molecular flexibility index (Phi) is 4.23. The minimum Gasteiger partial charge on any atom is -0.378 e. The summed E-state index contributed by atoms with van der Waals surface area (Å²) in [6.07, 6.45) is 0. The summed E-state index contributed by atoms with van der Waals surface area (Å²) in [5.41, 5.74) is 1.92. The zero-order valence-corrected chi connectivity index (χ0v) is 13.3. The van der Waals surface area contributed by atoms with Gasteiger partial charge in [0.15, 0.2) is 0 Å². The summed E-state index contributed by atoms with van der Waals surface area (Å²) < 4.78 is 32.6. The Hall–Kier alpha value is -0.910. The van der Waals surface area contributed by atoms with Crippen molar-refractivity contribution in [2.45, 2.75) is 39.0 Å². The van der Waals surface area contributed by atoms with Gasteiger partial charge in [-0.15, -0.1) is 0 Å². The Balaban J connectivity index is 2.32. The Labute approximate surface area is 121 Å². The van der Waals surface area contributed by atoms with Crippen LogP contribution in [0.25, 0.3) is 0 Å². The lowest BCUT2D eigenvalue weighted by molar-refractivity contribution is 0.0407. The molecule has 4 nitrogen and oxygen atoms in total. The highest BCUT2D eigenvalue weighted by molar-refractivity contribution is 7.90. The molecule has 1 unspecified atom stereocenters. The number of hydrogen-bond donors (Lipinski definition) is 1. The van der Waals surface area contributed by atoms with Crippen LogP contribution in [0.5, 0.6) is 0 Å². The van der Waals surface area contributed by atoms with E-state index in [0.29, 0.717) is 13.2 Å². The summed E-state index contributed by atoms with van der Waals surface area (Å²) in [5.74, 6) is 0. The minimum absolute atomic E-state index is 0.205. The van der Waals surface area contributed by atoms with Gasteiger partial charge >= 0.3 is 0 Å². The summed E-state index contributed by atoms with van der Waals surface area (Å²) in [5, 5.41) is -0.420. The van der Waals surface area contributed by atoms with Crippen LogP contribution < -0.4 is 4.72 Å². The largest absolute Gasteiger partial charge is 0.378 e. The van der Waals surface area contributed by atoms with E-state index in [9.17, 15) is 8.42 Å². The lowest BCUT2D eigenvalue weighted by atomic mass is 9.81. The van der Waals surface area contributed by atoms with E-state index in [1.54, 1.807) is 0 Å². The van der Waals surface area contributed by atoms with E-state index in [1.807, 2.05) is 52.0 Å². The van der Waals surface area contributed by atoms with Crippen LogP contribution in [-0.4, -0.2) is 26.9 Å². The van der Waals surface area contributed by atoms with E-state index in [2.05, 4.69) is 4.72 Å². The highest BCUT2D eigenvalue weighted by atomic mass is 32.2. The molecule has 1 aliphatic heterocycles. The van der Waals surface area contributed by atoms with Crippen molar-refractivity contribution in [3.8, 4) is 0 Å². The van der Waals surface area contributed by atoms with Gasteiger partial charge in [-0.05, 0) is 23.5 Å². The van der Waals surface area contributed by atoms with Gasteiger partial charge in [0.2, 0.25) is 10.0 Å². The van der Waals surface area contributed by atoms with E-state index in [-0.39, 0.29) is 11.5 Å². The van der Waals surface area contributed by atoms with Crippen molar-refractivity contribution in [3.05, 3.63) is 35.4 Å². The molecule has 0 aromatic heterocycles. The number of rotatable bonds is 4. The van der Waals surface area contributed by atoms with Crippen molar-refractivity contribution in [2.24, 2.45) is 5.41 Å². The first-order valence-electron chi connectivity index (χ1n) is 6.86. The van der Waals surface area contributed by atoms with Crippen LogP contribution in [0, 0.1) is 12.3 Å². The normalized spacial score (nSPS) is 18.6. The topological polar surface area (TPSA) is 55.4 Å². The summed E-state index contributed by atoms with van der Waals surface area (Å²) in [7, 11) is -3.35. The molecular weight excluding hydrogens is 274 g/mol. The van der Waals surface area contributed by atoms with Crippen LogP contribution in [-0.2, 0) is 14.8 Å². The Morgan fingerprint density at radius 3 is 2.30 bits per heavy atom. The molecule has 1 fully saturated rings. The molecule has 1 atom stereocenters. The Morgan fingerprint density at radius 2 is 1.85 bits per heavy atom. The molecule has 0 radical (unpaired) electrons. The fourth-order valence-electron chi connectivity index (χ4n) is 2.27. The second kappa shape index (κ2) is 5.47. The van der Waals surface area contributed by atoms with Crippen molar-refractivity contribution >= 4 is 10.0 Å². The maximum absolute atomic E-state index is 12.4. The van der Waals surface area contributed by atoms with Crippen LogP contribution >= 0.6 is 0 Å². The van der Waals surface area contributed by atoms with Crippen molar-refractivity contribution in [3.63, 3.8) is 0 Å². The zero-order chi connectivity index (χ0) is 15.0. The minimum atomic E-state index is -3.35. The maximum Gasteiger partial charge on any atom is 0.219 e. The fourth-order valence-corrected chi connectivity index (χ4v) is 3.82. The highest BCUT2D eigenvalue weighted by Crippen LogP contribution is 2.35. The predicted octanol–water partition coefficient (Wildman–Crippen LogP) is 2.40. The van der Waals surface area contributed by atoms with Crippen LogP contribution in [0.1, 0.15) is 37.9 Å².